The summed E-state index contributed by atoms with van der Waals surface area (Å²) in [7, 11) is 0. The van der Waals surface area contributed by atoms with Crippen molar-refractivity contribution in [3.63, 3.8) is 0 Å². The molecule has 4 aromatic rings. The molecule has 0 atom stereocenters. The molecule has 8 heteroatoms. The van der Waals surface area contributed by atoms with Crippen LogP contribution in [-0.4, -0.2) is 19.7 Å². The summed E-state index contributed by atoms with van der Waals surface area (Å²) in [5, 5.41) is 3.60. The van der Waals surface area contributed by atoms with Crippen LogP contribution >= 0.6 is 0 Å². The van der Waals surface area contributed by atoms with Gasteiger partial charge in [0.2, 0.25) is 0 Å². The predicted octanol–water partition coefficient (Wildman–Crippen LogP) is 4.64. The number of hydrogen-bond donors (Lipinski definition) is 0. The van der Waals surface area contributed by atoms with Crippen molar-refractivity contribution in [1.82, 2.24) is 19.7 Å². The molecule has 4 rings (SSSR count). The maximum absolute atomic E-state index is 13.8. The second-order valence-electron chi connectivity index (χ2n) is 5.53. The highest BCUT2D eigenvalue weighted by atomic mass is 19.4. The molecule has 130 valence electrons. The summed E-state index contributed by atoms with van der Waals surface area (Å²) in [6.45, 7) is 0. The average molecular weight is 358 g/mol. The van der Waals surface area contributed by atoms with E-state index in [0.29, 0.717) is 11.1 Å². The van der Waals surface area contributed by atoms with E-state index in [0.717, 1.165) is 4.68 Å². The lowest BCUT2D eigenvalue weighted by molar-refractivity contribution is -0.140. The second-order valence-corrected chi connectivity index (χ2v) is 5.53. The van der Waals surface area contributed by atoms with Crippen molar-refractivity contribution in [2.24, 2.45) is 0 Å². The van der Waals surface area contributed by atoms with E-state index in [1.807, 2.05) is 0 Å². The maximum Gasteiger partial charge on any atom is 0.435 e. The summed E-state index contributed by atoms with van der Waals surface area (Å²) in [6.07, 6.45) is -1.90. The number of alkyl halides is 3. The van der Waals surface area contributed by atoms with Crippen LogP contribution in [0.15, 0.2) is 60.9 Å². The Bertz CT molecular complexity index is 1080. The van der Waals surface area contributed by atoms with Crippen LogP contribution in [-0.2, 0) is 6.18 Å². The number of rotatable bonds is 2. The summed E-state index contributed by atoms with van der Waals surface area (Å²) in [5.74, 6) is -0.468. The SMILES string of the molecule is Fc1ccccc1-c1cnc(-n2nc(C(F)(F)F)c3ccccc32)nc1. The predicted molar refractivity (Wildman–Crippen MR) is 87.1 cm³/mol. The molecule has 0 saturated heterocycles. The van der Waals surface area contributed by atoms with E-state index >= 15 is 0 Å². The Balaban J connectivity index is 1.83. The van der Waals surface area contributed by atoms with E-state index in [4.69, 9.17) is 0 Å². The van der Waals surface area contributed by atoms with Crippen LogP contribution in [0.2, 0.25) is 0 Å². The third-order valence-corrected chi connectivity index (χ3v) is 3.87. The fourth-order valence-corrected chi connectivity index (χ4v) is 2.69. The molecule has 0 bridgehead atoms. The highest BCUT2D eigenvalue weighted by Gasteiger charge is 2.37. The number of halogens is 4. The van der Waals surface area contributed by atoms with Gasteiger partial charge in [0.15, 0.2) is 5.69 Å². The van der Waals surface area contributed by atoms with Crippen LogP contribution < -0.4 is 0 Å². The zero-order valence-electron chi connectivity index (χ0n) is 13.1. The Labute approximate surface area is 144 Å². The normalized spacial score (nSPS) is 11.8. The van der Waals surface area contributed by atoms with E-state index in [9.17, 15) is 17.6 Å². The molecule has 0 radical (unpaired) electrons. The van der Waals surface area contributed by atoms with Gasteiger partial charge in [-0.25, -0.2) is 14.4 Å². The number of aromatic nitrogens is 4. The minimum absolute atomic E-state index is 0.0308. The molecule has 0 aliphatic carbocycles. The lowest BCUT2D eigenvalue weighted by Crippen LogP contribution is -2.09. The molecular weight excluding hydrogens is 348 g/mol. The van der Waals surface area contributed by atoms with Gasteiger partial charge in [0.1, 0.15) is 5.82 Å². The van der Waals surface area contributed by atoms with Gasteiger partial charge in [-0.3, -0.25) is 0 Å². The Hall–Kier alpha value is -3.29. The first-order chi connectivity index (χ1) is 12.4. The first-order valence-corrected chi connectivity index (χ1v) is 7.57. The molecule has 2 aromatic carbocycles. The molecule has 4 nitrogen and oxygen atoms in total. The van der Waals surface area contributed by atoms with Gasteiger partial charge < -0.3 is 0 Å². The number of para-hydroxylation sites is 1. The molecule has 0 spiro atoms. The molecule has 0 fully saturated rings. The highest BCUT2D eigenvalue weighted by molar-refractivity contribution is 5.83. The number of nitrogens with zero attached hydrogens (tertiary/aromatic N) is 4. The van der Waals surface area contributed by atoms with Crippen LogP contribution in [0.25, 0.3) is 28.0 Å². The van der Waals surface area contributed by atoms with Gasteiger partial charge in [0, 0.05) is 28.9 Å². The van der Waals surface area contributed by atoms with Crippen molar-refractivity contribution in [1.29, 1.82) is 0 Å². The van der Waals surface area contributed by atoms with Crippen molar-refractivity contribution in [2.75, 3.05) is 0 Å². The molecule has 0 saturated carbocycles. The Morgan fingerprint density at radius 2 is 1.50 bits per heavy atom. The lowest BCUT2D eigenvalue weighted by atomic mass is 10.1. The largest absolute Gasteiger partial charge is 0.435 e. The first-order valence-electron chi connectivity index (χ1n) is 7.57. The quantitative estimate of drug-likeness (QED) is 0.490. The van der Waals surface area contributed by atoms with Crippen LogP contribution in [0.1, 0.15) is 5.69 Å². The van der Waals surface area contributed by atoms with E-state index in [-0.39, 0.29) is 16.9 Å². The summed E-state index contributed by atoms with van der Waals surface area (Å²) >= 11 is 0. The van der Waals surface area contributed by atoms with E-state index in [1.54, 1.807) is 24.3 Å². The third kappa shape index (κ3) is 2.69. The minimum atomic E-state index is -4.60. The molecule has 2 aromatic heterocycles. The molecule has 0 N–H and O–H groups in total. The van der Waals surface area contributed by atoms with Gasteiger partial charge in [-0.15, -0.1) is 0 Å². The van der Waals surface area contributed by atoms with E-state index in [1.165, 1.54) is 36.7 Å². The molecule has 26 heavy (non-hydrogen) atoms. The van der Waals surface area contributed by atoms with Gasteiger partial charge in [0.25, 0.3) is 5.95 Å². The van der Waals surface area contributed by atoms with Crippen molar-refractivity contribution in [3.05, 3.63) is 72.4 Å². The average Bonchev–Trinajstić information content (AvgIpc) is 3.02. The van der Waals surface area contributed by atoms with Gasteiger partial charge in [-0.1, -0.05) is 36.4 Å². The van der Waals surface area contributed by atoms with Crippen molar-refractivity contribution < 1.29 is 17.6 Å². The second kappa shape index (κ2) is 5.91. The number of benzene rings is 2. The first kappa shape index (κ1) is 16.2. The van der Waals surface area contributed by atoms with Crippen LogP contribution in [0.5, 0.6) is 0 Å². The van der Waals surface area contributed by atoms with E-state index in [2.05, 4.69) is 15.1 Å². The fourth-order valence-electron chi connectivity index (χ4n) is 2.69. The van der Waals surface area contributed by atoms with Crippen molar-refractivity contribution in [2.45, 2.75) is 6.18 Å². The topological polar surface area (TPSA) is 43.6 Å². The van der Waals surface area contributed by atoms with Crippen molar-refractivity contribution in [3.8, 4) is 17.1 Å². The summed E-state index contributed by atoms with van der Waals surface area (Å²) in [5.41, 5.74) is -0.0481. The van der Waals surface area contributed by atoms with Crippen molar-refractivity contribution >= 4 is 10.9 Å². The lowest BCUT2D eigenvalue weighted by Gasteiger charge is -2.05. The molecule has 2 heterocycles. The third-order valence-electron chi connectivity index (χ3n) is 3.87. The van der Waals surface area contributed by atoms with Crippen LogP contribution in [0, 0.1) is 5.82 Å². The zero-order chi connectivity index (χ0) is 18.3. The number of hydrogen-bond acceptors (Lipinski definition) is 3. The summed E-state index contributed by atoms with van der Waals surface area (Å²) < 4.78 is 54.5. The van der Waals surface area contributed by atoms with Crippen LogP contribution in [0.3, 0.4) is 0 Å². The standard InChI is InChI=1S/C18H10F4N4/c19-14-7-3-1-5-12(14)11-9-23-17(24-10-11)26-15-8-4-2-6-13(15)16(25-26)18(20,21)22/h1-10H. The molecule has 0 amide bonds. The van der Waals surface area contributed by atoms with Gasteiger partial charge in [-0.05, 0) is 12.1 Å². The molecular formula is C18H10F4N4. The maximum atomic E-state index is 13.8. The molecule has 0 aliphatic heterocycles. The van der Waals surface area contributed by atoms with Gasteiger partial charge >= 0.3 is 6.18 Å². The Morgan fingerprint density at radius 1 is 0.846 bits per heavy atom. The van der Waals surface area contributed by atoms with Gasteiger partial charge in [0.05, 0.1) is 5.52 Å². The monoisotopic (exact) mass is 358 g/mol. The van der Waals surface area contributed by atoms with E-state index < -0.39 is 17.7 Å². The molecule has 0 aliphatic rings. The molecule has 0 unspecified atom stereocenters. The summed E-state index contributed by atoms with van der Waals surface area (Å²) in [4.78, 5) is 8.13. The summed E-state index contributed by atoms with van der Waals surface area (Å²) in [6, 6.07) is 12.1. The Morgan fingerprint density at radius 3 is 2.19 bits per heavy atom. The zero-order valence-corrected chi connectivity index (χ0v) is 13.1. The fraction of sp³-hybridized carbons (Fsp3) is 0.0556. The Kier molecular flexibility index (Phi) is 3.68. The van der Waals surface area contributed by atoms with Gasteiger partial charge in [-0.2, -0.15) is 23.0 Å². The van der Waals surface area contributed by atoms with Crippen LogP contribution in [0.4, 0.5) is 17.6 Å². The highest BCUT2D eigenvalue weighted by Crippen LogP contribution is 2.34. The smallest absolute Gasteiger partial charge is 0.219 e. The minimum Gasteiger partial charge on any atom is -0.219 e. The number of fused-ring (bicyclic) bond motifs is 1.